The molecule has 0 spiro atoms. The van der Waals surface area contributed by atoms with Crippen LogP contribution in [-0.4, -0.2) is 37.2 Å². The zero-order valence-corrected chi connectivity index (χ0v) is 15.0. The number of ether oxygens (including phenoxy) is 2. The van der Waals surface area contributed by atoms with Gasteiger partial charge in [0, 0.05) is 42.3 Å². The molecule has 1 aliphatic heterocycles. The van der Waals surface area contributed by atoms with E-state index in [-0.39, 0.29) is 6.10 Å². The Morgan fingerprint density at radius 3 is 2.48 bits per heavy atom. The summed E-state index contributed by atoms with van der Waals surface area (Å²) in [6, 6.07) is 4.20. The van der Waals surface area contributed by atoms with E-state index in [1.54, 1.807) is 7.11 Å². The van der Waals surface area contributed by atoms with Crippen LogP contribution in [0.25, 0.3) is 0 Å². The summed E-state index contributed by atoms with van der Waals surface area (Å²) in [5, 5.41) is 0.685. The van der Waals surface area contributed by atoms with Gasteiger partial charge in [0.25, 0.3) is 0 Å². The second-order valence-corrected chi connectivity index (χ2v) is 7.57. The van der Waals surface area contributed by atoms with Gasteiger partial charge in [-0.15, -0.1) is 0 Å². The highest BCUT2D eigenvalue weighted by atomic mass is 35.5. The lowest BCUT2D eigenvalue weighted by Crippen LogP contribution is -2.48. The molecule has 1 aromatic rings. The van der Waals surface area contributed by atoms with Gasteiger partial charge in [0.15, 0.2) is 11.5 Å². The minimum Gasteiger partial charge on any atom is -0.493 e. The van der Waals surface area contributed by atoms with Crippen molar-refractivity contribution in [2.75, 3.05) is 20.2 Å². The van der Waals surface area contributed by atoms with E-state index in [1.807, 2.05) is 26.0 Å². The lowest BCUT2D eigenvalue weighted by atomic mass is 9.93. The number of nitrogens with zero attached hydrogens (tertiary/aromatic N) is 1. The molecule has 1 saturated carbocycles. The van der Waals surface area contributed by atoms with Gasteiger partial charge in [-0.3, -0.25) is 4.90 Å². The largest absolute Gasteiger partial charge is 0.493 e. The number of piperidine rings is 1. The Hall–Kier alpha value is -0.970. The summed E-state index contributed by atoms with van der Waals surface area (Å²) >= 11 is 6.27. The molecule has 1 aromatic carbocycles. The van der Waals surface area contributed by atoms with Crippen molar-refractivity contribution in [1.82, 2.24) is 4.90 Å². The van der Waals surface area contributed by atoms with Crippen LogP contribution >= 0.6 is 11.6 Å². The Labute approximate surface area is 143 Å². The maximum atomic E-state index is 6.31. The van der Waals surface area contributed by atoms with Crippen LogP contribution in [0.3, 0.4) is 0 Å². The summed E-state index contributed by atoms with van der Waals surface area (Å²) < 4.78 is 11.5. The van der Waals surface area contributed by atoms with Crippen molar-refractivity contribution in [1.29, 1.82) is 0 Å². The van der Waals surface area contributed by atoms with Gasteiger partial charge in [-0.2, -0.15) is 0 Å². The van der Waals surface area contributed by atoms with Crippen LogP contribution in [0.5, 0.6) is 11.5 Å². The van der Waals surface area contributed by atoms with E-state index >= 15 is 0 Å². The van der Waals surface area contributed by atoms with Crippen LogP contribution in [0.2, 0.25) is 5.02 Å². The topological polar surface area (TPSA) is 47.7 Å². The number of hydrogen-bond acceptors (Lipinski definition) is 4. The van der Waals surface area contributed by atoms with Crippen molar-refractivity contribution in [3.8, 4) is 11.5 Å². The Morgan fingerprint density at radius 2 is 1.91 bits per heavy atom. The van der Waals surface area contributed by atoms with E-state index in [9.17, 15) is 0 Å². The van der Waals surface area contributed by atoms with E-state index < -0.39 is 0 Å². The average molecular weight is 339 g/mol. The number of halogens is 1. The number of rotatable bonds is 5. The van der Waals surface area contributed by atoms with Gasteiger partial charge < -0.3 is 15.2 Å². The minimum absolute atomic E-state index is 0.0924. The number of benzene rings is 1. The standard InChI is InChI=1S/C18H27ClN2O2/c1-11(2)23-18-14(6-15(19)7-16(18)22-3)10-21-8-12-4-5-13(9-21)17(12)20/h6-7,11-13,17H,4-5,8-10,20H2,1-3H3. The third-order valence-electron chi connectivity index (χ3n) is 5.05. The number of nitrogens with two attached hydrogens (primary N) is 1. The van der Waals surface area contributed by atoms with Gasteiger partial charge in [0.05, 0.1) is 13.2 Å². The monoisotopic (exact) mass is 338 g/mol. The third-order valence-corrected chi connectivity index (χ3v) is 5.26. The van der Waals surface area contributed by atoms with Crippen molar-refractivity contribution in [2.24, 2.45) is 17.6 Å². The highest BCUT2D eigenvalue weighted by Crippen LogP contribution is 2.39. The second-order valence-electron chi connectivity index (χ2n) is 7.13. The number of fused-ring (bicyclic) bond motifs is 2. The Morgan fingerprint density at radius 1 is 1.26 bits per heavy atom. The molecule has 0 radical (unpaired) electrons. The Balaban J connectivity index is 1.83. The average Bonchev–Trinajstić information content (AvgIpc) is 2.72. The molecular weight excluding hydrogens is 312 g/mol. The smallest absolute Gasteiger partial charge is 0.166 e. The molecule has 2 fully saturated rings. The molecule has 23 heavy (non-hydrogen) atoms. The van der Waals surface area contributed by atoms with Crippen molar-refractivity contribution in [2.45, 2.75) is 45.4 Å². The molecule has 2 atom stereocenters. The van der Waals surface area contributed by atoms with Gasteiger partial charge in [0.2, 0.25) is 0 Å². The third kappa shape index (κ3) is 3.59. The molecule has 2 bridgehead atoms. The molecule has 1 aliphatic carbocycles. The molecule has 2 unspecified atom stereocenters. The van der Waals surface area contributed by atoms with Crippen LogP contribution in [-0.2, 0) is 6.54 Å². The lowest BCUT2D eigenvalue weighted by Gasteiger charge is -2.36. The van der Waals surface area contributed by atoms with E-state index in [2.05, 4.69) is 4.90 Å². The van der Waals surface area contributed by atoms with Crippen LogP contribution in [0.4, 0.5) is 0 Å². The first-order valence-electron chi connectivity index (χ1n) is 8.49. The van der Waals surface area contributed by atoms with E-state index in [0.29, 0.717) is 28.6 Å². The van der Waals surface area contributed by atoms with Crippen LogP contribution in [0.15, 0.2) is 12.1 Å². The fraction of sp³-hybridized carbons (Fsp3) is 0.667. The fourth-order valence-corrected chi connectivity index (χ4v) is 4.22. The molecule has 1 heterocycles. The molecule has 2 aliphatic rings. The van der Waals surface area contributed by atoms with Gasteiger partial charge in [-0.05, 0) is 44.6 Å². The van der Waals surface area contributed by atoms with Gasteiger partial charge >= 0.3 is 0 Å². The summed E-state index contributed by atoms with van der Waals surface area (Å²) in [5.74, 6) is 2.78. The van der Waals surface area contributed by atoms with Crippen molar-refractivity contribution in [3.63, 3.8) is 0 Å². The van der Waals surface area contributed by atoms with Crippen LogP contribution < -0.4 is 15.2 Å². The number of methoxy groups -OCH3 is 1. The highest BCUT2D eigenvalue weighted by molar-refractivity contribution is 6.30. The Bertz CT molecular complexity index is 550. The maximum absolute atomic E-state index is 6.31. The van der Waals surface area contributed by atoms with E-state index in [0.717, 1.165) is 30.9 Å². The number of hydrogen-bond donors (Lipinski definition) is 1. The highest BCUT2D eigenvalue weighted by Gasteiger charge is 2.39. The zero-order valence-electron chi connectivity index (χ0n) is 14.2. The van der Waals surface area contributed by atoms with Crippen molar-refractivity contribution in [3.05, 3.63) is 22.7 Å². The van der Waals surface area contributed by atoms with Gasteiger partial charge in [0.1, 0.15) is 0 Å². The summed E-state index contributed by atoms with van der Waals surface area (Å²) in [5.41, 5.74) is 7.41. The van der Waals surface area contributed by atoms with E-state index in [4.69, 9.17) is 26.8 Å². The lowest BCUT2D eigenvalue weighted by molar-refractivity contribution is 0.137. The first kappa shape index (κ1) is 16.9. The van der Waals surface area contributed by atoms with Gasteiger partial charge in [-0.25, -0.2) is 0 Å². The molecule has 2 N–H and O–H groups in total. The first-order valence-corrected chi connectivity index (χ1v) is 8.86. The molecule has 128 valence electrons. The molecule has 4 nitrogen and oxygen atoms in total. The van der Waals surface area contributed by atoms with Crippen LogP contribution in [0.1, 0.15) is 32.3 Å². The quantitative estimate of drug-likeness (QED) is 0.894. The molecular formula is C18H27ClN2O2. The van der Waals surface area contributed by atoms with Crippen LogP contribution in [0, 0.1) is 11.8 Å². The van der Waals surface area contributed by atoms with Gasteiger partial charge in [-0.1, -0.05) is 11.6 Å². The second kappa shape index (κ2) is 6.88. The number of likely N-dealkylation sites (tertiary alicyclic amines) is 1. The summed E-state index contributed by atoms with van der Waals surface area (Å²) in [6.07, 6.45) is 2.61. The molecule has 5 heteroatoms. The zero-order chi connectivity index (χ0) is 16.6. The molecule has 3 rings (SSSR count). The van der Waals surface area contributed by atoms with E-state index in [1.165, 1.54) is 12.8 Å². The Kier molecular flexibility index (Phi) is 5.04. The molecule has 0 amide bonds. The normalized spacial score (nSPS) is 27.5. The first-order chi connectivity index (χ1) is 11.0. The minimum atomic E-state index is 0.0924. The SMILES string of the molecule is COc1cc(Cl)cc(CN2CC3CCC(C2)C3N)c1OC(C)C. The predicted molar refractivity (Wildman–Crippen MR) is 93.2 cm³/mol. The molecule has 0 aromatic heterocycles. The molecule has 1 saturated heterocycles. The maximum Gasteiger partial charge on any atom is 0.166 e. The summed E-state index contributed by atoms with van der Waals surface area (Å²) in [6.45, 7) is 7.01. The van der Waals surface area contributed by atoms with Crippen molar-refractivity contribution < 1.29 is 9.47 Å². The summed E-state index contributed by atoms with van der Waals surface area (Å²) in [7, 11) is 1.66. The predicted octanol–water partition coefficient (Wildman–Crippen LogP) is 3.30. The van der Waals surface area contributed by atoms with Crippen molar-refractivity contribution >= 4 is 11.6 Å². The summed E-state index contributed by atoms with van der Waals surface area (Å²) in [4.78, 5) is 2.49. The fourth-order valence-electron chi connectivity index (χ4n) is 3.99.